The van der Waals surface area contributed by atoms with E-state index in [1.807, 2.05) is 17.0 Å². The van der Waals surface area contributed by atoms with Crippen LogP contribution in [0.3, 0.4) is 0 Å². The fourth-order valence-corrected chi connectivity index (χ4v) is 4.65. The first-order valence-electron chi connectivity index (χ1n) is 10.7. The number of anilines is 1. The normalized spacial score (nSPS) is 16.4. The zero-order valence-electron chi connectivity index (χ0n) is 17.5. The van der Waals surface area contributed by atoms with Crippen LogP contribution in [-0.2, 0) is 17.8 Å². The Kier molecular flexibility index (Phi) is 5.36. The number of benzene rings is 3. The van der Waals surface area contributed by atoms with E-state index in [0.717, 1.165) is 40.0 Å². The maximum atomic E-state index is 12.9. The topological polar surface area (TPSA) is 38.1 Å². The average molecular weight is 474 g/mol. The standard InChI is InChI=1S/C26H24BrN3O/c1-2-18-9-13-22(14-10-18)29-17-20(15-25(29)31)26-28-23-5-3-4-6-24(23)30(26)16-19-7-11-21(27)12-8-19/h3-14,20H,2,15-17H2,1H3. The van der Waals surface area contributed by atoms with Crippen molar-refractivity contribution in [2.75, 3.05) is 11.4 Å². The molecule has 1 saturated heterocycles. The largest absolute Gasteiger partial charge is 0.323 e. The Labute approximate surface area is 190 Å². The Balaban J connectivity index is 1.49. The molecule has 1 aromatic heterocycles. The van der Waals surface area contributed by atoms with Crippen LogP contribution in [0.2, 0.25) is 0 Å². The molecule has 0 bridgehead atoms. The Morgan fingerprint density at radius 3 is 2.42 bits per heavy atom. The second kappa shape index (κ2) is 8.31. The van der Waals surface area contributed by atoms with Crippen molar-refractivity contribution >= 4 is 38.6 Å². The smallest absolute Gasteiger partial charge is 0.227 e. The summed E-state index contributed by atoms with van der Waals surface area (Å²) in [6.07, 6.45) is 1.48. The average Bonchev–Trinajstić information content (AvgIpc) is 3.36. The van der Waals surface area contributed by atoms with Gasteiger partial charge < -0.3 is 9.47 Å². The van der Waals surface area contributed by atoms with Crippen LogP contribution in [0.4, 0.5) is 5.69 Å². The molecule has 0 saturated carbocycles. The van der Waals surface area contributed by atoms with Gasteiger partial charge in [-0.2, -0.15) is 0 Å². The van der Waals surface area contributed by atoms with E-state index < -0.39 is 0 Å². The van der Waals surface area contributed by atoms with Gasteiger partial charge in [0.25, 0.3) is 0 Å². The number of carbonyl (C=O) groups is 1. The van der Waals surface area contributed by atoms with E-state index >= 15 is 0 Å². The zero-order valence-corrected chi connectivity index (χ0v) is 19.0. The monoisotopic (exact) mass is 473 g/mol. The molecule has 1 atom stereocenters. The second-order valence-corrected chi connectivity index (χ2v) is 9.01. The molecule has 3 aromatic carbocycles. The van der Waals surface area contributed by atoms with E-state index in [1.165, 1.54) is 11.1 Å². The minimum atomic E-state index is 0.0706. The predicted octanol–water partition coefficient (Wildman–Crippen LogP) is 5.93. The summed E-state index contributed by atoms with van der Waals surface area (Å²) in [6.45, 7) is 3.54. The molecule has 1 unspecified atom stereocenters. The number of rotatable bonds is 5. The molecule has 5 rings (SSSR count). The van der Waals surface area contributed by atoms with Gasteiger partial charge in [-0.05, 0) is 53.9 Å². The van der Waals surface area contributed by atoms with Gasteiger partial charge in [0.1, 0.15) is 5.82 Å². The molecule has 1 aliphatic rings. The summed E-state index contributed by atoms with van der Waals surface area (Å²) < 4.78 is 3.35. The molecule has 2 heterocycles. The van der Waals surface area contributed by atoms with E-state index in [2.05, 4.69) is 88.1 Å². The Bertz CT molecular complexity index is 1230. The summed E-state index contributed by atoms with van der Waals surface area (Å²) >= 11 is 3.51. The number of hydrogen-bond donors (Lipinski definition) is 0. The van der Waals surface area contributed by atoms with Crippen molar-refractivity contribution in [3.63, 3.8) is 0 Å². The van der Waals surface area contributed by atoms with Crippen LogP contribution in [0.5, 0.6) is 0 Å². The lowest BCUT2D eigenvalue weighted by atomic mass is 10.1. The molecule has 0 N–H and O–H groups in total. The molecule has 31 heavy (non-hydrogen) atoms. The number of imidazole rings is 1. The number of halogens is 1. The van der Waals surface area contributed by atoms with Crippen molar-refractivity contribution in [3.8, 4) is 0 Å². The molecule has 1 fully saturated rings. The van der Waals surface area contributed by atoms with Crippen molar-refractivity contribution in [2.24, 2.45) is 0 Å². The highest BCUT2D eigenvalue weighted by atomic mass is 79.9. The van der Waals surface area contributed by atoms with Gasteiger partial charge in [0.2, 0.25) is 5.91 Å². The third-order valence-corrected chi connectivity index (χ3v) is 6.61. The van der Waals surface area contributed by atoms with Crippen molar-refractivity contribution < 1.29 is 4.79 Å². The van der Waals surface area contributed by atoms with Gasteiger partial charge in [-0.15, -0.1) is 0 Å². The highest BCUT2D eigenvalue weighted by molar-refractivity contribution is 9.10. The van der Waals surface area contributed by atoms with Crippen molar-refractivity contribution in [1.82, 2.24) is 9.55 Å². The first-order chi connectivity index (χ1) is 15.1. The fraction of sp³-hybridized carbons (Fsp3) is 0.231. The molecule has 4 aromatic rings. The van der Waals surface area contributed by atoms with E-state index in [9.17, 15) is 4.79 Å². The minimum absolute atomic E-state index is 0.0706. The first-order valence-corrected chi connectivity index (χ1v) is 11.5. The number of aryl methyl sites for hydroxylation is 1. The summed E-state index contributed by atoms with van der Waals surface area (Å²) in [7, 11) is 0. The number of aromatic nitrogens is 2. The SMILES string of the molecule is CCc1ccc(N2CC(c3nc4ccccc4n3Cc3ccc(Br)cc3)CC2=O)cc1. The van der Waals surface area contributed by atoms with Crippen LogP contribution in [-0.4, -0.2) is 22.0 Å². The number of hydrogen-bond acceptors (Lipinski definition) is 2. The van der Waals surface area contributed by atoms with Crippen LogP contribution >= 0.6 is 15.9 Å². The Morgan fingerprint density at radius 1 is 0.968 bits per heavy atom. The number of para-hydroxylation sites is 2. The van der Waals surface area contributed by atoms with Crippen LogP contribution in [0.25, 0.3) is 11.0 Å². The maximum Gasteiger partial charge on any atom is 0.227 e. The van der Waals surface area contributed by atoms with Crippen LogP contribution in [0.15, 0.2) is 77.3 Å². The number of carbonyl (C=O) groups excluding carboxylic acids is 1. The third kappa shape index (κ3) is 3.90. The summed E-state index contributed by atoms with van der Waals surface area (Å²) in [5.41, 5.74) is 5.55. The van der Waals surface area contributed by atoms with Crippen molar-refractivity contribution in [3.05, 3.63) is 94.2 Å². The van der Waals surface area contributed by atoms with Gasteiger partial charge in [-0.3, -0.25) is 4.79 Å². The maximum absolute atomic E-state index is 12.9. The predicted molar refractivity (Wildman–Crippen MR) is 129 cm³/mol. The molecule has 156 valence electrons. The van der Waals surface area contributed by atoms with Crippen molar-refractivity contribution in [2.45, 2.75) is 32.2 Å². The summed E-state index contributed by atoms with van der Waals surface area (Å²) in [5.74, 6) is 1.22. The molecule has 5 heteroatoms. The van der Waals surface area contributed by atoms with Gasteiger partial charge in [0.05, 0.1) is 11.0 Å². The summed E-state index contributed by atoms with van der Waals surface area (Å²) in [5, 5.41) is 0. The van der Waals surface area contributed by atoms with Crippen LogP contribution in [0.1, 0.15) is 36.2 Å². The molecule has 4 nitrogen and oxygen atoms in total. The van der Waals surface area contributed by atoms with Gasteiger partial charge in [-0.1, -0.05) is 59.3 Å². The lowest BCUT2D eigenvalue weighted by Crippen LogP contribution is -2.24. The summed E-state index contributed by atoms with van der Waals surface area (Å²) in [6, 6.07) is 25.0. The number of fused-ring (bicyclic) bond motifs is 1. The minimum Gasteiger partial charge on any atom is -0.323 e. The van der Waals surface area contributed by atoms with Gasteiger partial charge in [0.15, 0.2) is 0 Å². The quantitative estimate of drug-likeness (QED) is 0.360. The Hall–Kier alpha value is -2.92. The highest BCUT2D eigenvalue weighted by Crippen LogP contribution is 2.33. The fourth-order valence-electron chi connectivity index (χ4n) is 4.39. The van der Waals surface area contributed by atoms with Gasteiger partial charge >= 0.3 is 0 Å². The van der Waals surface area contributed by atoms with E-state index in [0.29, 0.717) is 13.0 Å². The molecular weight excluding hydrogens is 450 g/mol. The zero-order chi connectivity index (χ0) is 21.4. The Morgan fingerprint density at radius 2 is 1.68 bits per heavy atom. The van der Waals surface area contributed by atoms with Gasteiger partial charge in [-0.25, -0.2) is 4.98 Å². The van der Waals surface area contributed by atoms with E-state index in [-0.39, 0.29) is 11.8 Å². The number of amides is 1. The van der Waals surface area contributed by atoms with Crippen molar-refractivity contribution in [1.29, 1.82) is 0 Å². The van der Waals surface area contributed by atoms with E-state index in [4.69, 9.17) is 4.98 Å². The number of nitrogens with zero attached hydrogens (tertiary/aromatic N) is 3. The van der Waals surface area contributed by atoms with Crippen LogP contribution in [0, 0.1) is 0 Å². The molecule has 0 aliphatic carbocycles. The molecular formula is C26H24BrN3O. The van der Waals surface area contributed by atoms with E-state index in [1.54, 1.807) is 0 Å². The van der Waals surface area contributed by atoms with Gasteiger partial charge in [0, 0.05) is 35.6 Å². The van der Waals surface area contributed by atoms with Crippen LogP contribution < -0.4 is 4.90 Å². The molecule has 0 spiro atoms. The first kappa shape index (κ1) is 20.0. The molecule has 0 radical (unpaired) electrons. The lowest BCUT2D eigenvalue weighted by molar-refractivity contribution is -0.117. The third-order valence-electron chi connectivity index (χ3n) is 6.08. The molecule has 1 aliphatic heterocycles. The summed E-state index contributed by atoms with van der Waals surface area (Å²) in [4.78, 5) is 19.8. The molecule has 1 amide bonds. The lowest BCUT2D eigenvalue weighted by Gasteiger charge is -2.18. The second-order valence-electron chi connectivity index (χ2n) is 8.10. The highest BCUT2D eigenvalue weighted by Gasteiger charge is 2.34.